The molecule has 5 rings (SSSR count). The van der Waals surface area contributed by atoms with Crippen LogP contribution in [0.2, 0.25) is 0 Å². The van der Waals surface area contributed by atoms with E-state index in [1.165, 1.54) is 6.20 Å². The van der Waals surface area contributed by atoms with E-state index < -0.39 is 17.7 Å². The molecule has 1 aromatic carbocycles. The van der Waals surface area contributed by atoms with E-state index in [-0.39, 0.29) is 42.0 Å². The summed E-state index contributed by atoms with van der Waals surface area (Å²) in [4.78, 5) is 53.7. The van der Waals surface area contributed by atoms with Gasteiger partial charge in [-0.25, -0.2) is 19.6 Å². The number of esters is 1. The third kappa shape index (κ3) is 8.28. The van der Waals surface area contributed by atoms with Crippen LogP contribution in [0.3, 0.4) is 0 Å². The molecule has 4 heterocycles. The smallest absolute Gasteiger partial charge is 0.410 e. The number of benzene rings is 1. The molecule has 1 atom stereocenters. The Balaban J connectivity index is 0.00000461. The number of carbonyl (C=O) groups excluding carboxylic acids is 3. The van der Waals surface area contributed by atoms with Crippen LogP contribution in [0.15, 0.2) is 48.9 Å². The zero-order valence-electron chi connectivity index (χ0n) is 26.1. The second-order valence-electron chi connectivity index (χ2n) is 12.2. The van der Waals surface area contributed by atoms with Gasteiger partial charge in [0, 0.05) is 56.6 Å². The van der Waals surface area contributed by atoms with Crippen molar-refractivity contribution in [2.75, 3.05) is 52.0 Å². The minimum Gasteiger partial charge on any atom is -0.444 e. The number of nitrogens with zero attached hydrogens (tertiary/aromatic N) is 7. The minimum absolute atomic E-state index is 0. The molecule has 2 amide bonds. The molecule has 0 bridgehead atoms. The van der Waals surface area contributed by atoms with Crippen LogP contribution in [0.5, 0.6) is 0 Å². The fourth-order valence-electron chi connectivity index (χ4n) is 5.24. The van der Waals surface area contributed by atoms with Crippen molar-refractivity contribution in [2.24, 2.45) is 0 Å². The second-order valence-corrected chi connectivity index (χ2v) is 12.2. The van der Waals surface area contributed by atoms with E-state index in [2.05, 4.69) is 20.0 Å². The van der Waals surface area contributed by atoms with Crippen molar-refractivity contribution in [2.45, 2.75) is 51.4 Å². The number of piperazine rings is 1. The van der Waals surface area contributed by atoms with Gasteiger partial charge in [-0.05, 0) is 40.7 Å². The maximum atomic E-state index is 13.5. The summed E-state index contributed by atoms with van der Waals surface area (Å²) in [5.74, 6) is -1.23. The molecule has 2 fully saturated rings. The number of rotatable bonds is 6. The van der Waals surface area contributed by atoms with Crippen molar-refractivity contribution in [3.05, 3.63) is 60.2 Å². The summed E-state index contributed by atoms with van der Waals surface area (Å²) in [6.45, 7) is 9.22. The fraction of sp³-hybridized carbons (Fsp3) is 0.484. The van der Waals surface area contributed by atoms with E-state index in [0.717, 1.165) is 13.1 Å². The first-order chi connectivity index (χ1) is 21.0. The van der Waals surface area contributed by atoms with Crippen LogP contribution in [0.25, 0.3) is 11.3 Å². The van der Waals surface area contributed by atoms with Crippen molar-refractivity contribution < 1.29 is 23.9 Å². The number of hydrogen-bond acceptors (Lipinski definition) is 10. The van der Waals surface area contributed by atoms with Crippen LogP contribution in [0, 0.1) is 0 Å². The lowest BCUT2D eigenvalue weighted by Gasteiger charge is -2.34. The van der Waals surface area contributed by atoms with Crippen LogP contribution < -0.4 is 5.73 Å². The molecule has 14 heteroatoms. The number of piperidine rings is 1. The number of carbonyl (C=O) groups is 3. The lowest BCUT2D eigenvalue weighted by atomic mass is 10.1. The Kier molecular flexibility index (Phi) is 10.7. The number of ether oxygens (including phenoxy) is 2. The number of nitrogens with two attached hydrogens (primary N) is 1. The lowest BCUT2D eigenvalue weighted by Crippen LogP contribution is -2.49. The Bertz CT molecular complexity index is 1480. The van der Waals surface area contributed by atoms with Crippen LogP contribution in [0.1, 0.15) is 61.8 Å². The van der Waals surface area contributed by atoms with Crippen molar-refractivity contribution in [1.82, 2.24) is 34.4 Å². The Hall–Kier alpha value is -4.23. The summed E-state index contributed by atoms with van der Waals surface area (Å²) in [5, 5.41) is 4.52. The summed E-state index contributed by atoms with van der Waals surface area (Å²) in [6.07, 6.45) is 4.94. The third-order valence-electron chi connectivity index (χ3n) is 7.75. The van der Waals surface area contributed by atoms with Crippen LogP contribution in [0.4, 0.5) is 10.6 Å². The van der Waals surface area contributed by atoms with Gasteiger partial charge in [-0.3, -0.25) is 9.48 Å². The molecule has 0 radical (unpaired) electrons. The molecule has 13 nitrogen and oxygen atoms in total. The lowest BCUT2D eigenvalue weighted by molar-refractivity contribution is -0.142. The van der Waals surface area contributed by atoms with Gasteiger partial charge < -0.3 is 29.9 Å². The largest absolute Gasteiger partial charge is 0.444 e. The Morgan fingerprint density at radius 1 is 0.956 bits per heavy atom. The van der Waals surface area contributed by atoms with E-state index >= 15 is 0 Å². The first kappa shape index (κ1) is 33.7. The summed E-state index contributed by atoms with van der Waals surface area (Å²) in [7, 11) is 2.00. The van der Waals surface area contributed by atoms with E-state index in [4.69, 9.17) is 15.2 Å². The average Bonchev–Trinajstić information content (AvgIpc) is 3.50. The van der Waals surface area contributed by atoms with Crippen molar-refractivity contribution in [1.29, 1.82) is 0 Å². The summed E-state index contributed by atoms with van der Waals surface area (Å²) >= 11 is 0. The third-order valence-corrected chi connectivity index (χ3v) is 7.75. The average molecular weight is 641 g/mol. The topological polar surface area (TPSA) is 149 Å². The monoisotopic (exact) mass is 640 g/mol. The minimum atomic E-state index is -1.15. The number of aromatic nitrogens is 4. The Labute approximate surface area is 269 Å². The van der Waals surface area contributed by atoms with Crippen molar-refractivity contribution in [3.63, 3.8) is 0 Å². The fourth-order valence-corrected chi connectivity index (χ4v) is 5.24. The molecule has 45 heavy (non-hydrogen) atoms. The Morgan fingerprint density at radius 2 is 1.62 bits per heavy atom. The normalized spacial score (nSPS) is 16.9. The highest BCUT2D eigenvalue weighted by atomic mass is 35.5. The molecule has 2 N–H and O–H groups in total. The van der Waals surface area contributed by atoms with Gasteiger partial charge in [-0.1, -0.05) is 30.3 Å². The van der Waals surface area contributed by atoms with E-state index in [1.807, 2.05) is 44.8 Å². The van der Waals surface area contributed by atoms with Gasteiger partial charge in [0.25, 0.3) is 5.91 Å². The van der Waals surface area contributed by atoms with E-state index in [9.17, 15) is 14.4 Å². The van der Waals surface area contributed by atoms with Crippen LogP contribution in [-0.4, -0.2) is 104 Å². The first-order valence-electron chi connectivity index (χ1n) is 14.9. The number of amides is 2. The summed E-state index contributed by atoms with van der Waals surface area (Å²) < 4.78 is 13.1. The molecule has 0 aliphatic carbocycles. The molecule has 2 aliphatic heterocycles. The summed E-state index contributed by atoms with van der Waals surface area (Å²) in [5.41, 5.74) is 6.96. The number of likely N-dealkylation sites (tertiary alicyclic amines) is 1. The van der Waals surface area contributed by atoms with Crippen molar-refractivity contribution >= 4 is 36.2 Å². The molecule has 0 unspecified atom stereocenters. The number of anilines is 1. The zero-order chi connectivity index (χ0) is 31.4. The van der Waals surface area contributed by atoms with Crippen LogP contribution >= 0.6 is 12.4 Å². The first-order valence-corrected chi connectivity index (χ1v) is 14.9. The predicted octanol–water partition coefficient (Wildman–Crippen LogP) is 3.59. The molecule has 3 aromatic rings. The van der Waals surface area contributed by atoms with Gasteiger partial charge in [0.2, 0.25) is 6.10 Å². The highest BCUT2D eigenvalue weighted by Gasteiger charge is 2.33. The SMILES string of the molecule is CN1CCN(C(=O)[C@H](OC(=O)c2nc(-c3cnn(C4CCN(C(=O)OC(C)(C)C)CC4)c3)cnc2N)c2ccccc2)CC1.Cl. The van der Waals surface area contributed by atoms with E-state index in [1.54, 1.807) is 40.3 Å². The highest BCUT2D eigenvalue weighted by molar-refractivity contribution is 5.95. The predicted molar refractivity (Wildman–Crippen MR) is 170 cm³/mol. The molecular formula is C31H41ClN8O5. The maximum absolute atomic E-state index is 13.5. The Morgan fingerprint density at radius 3 is 2.27 bits per heavy atom. The van der Waals surface area contributed by atoms with Gasteiger partial charge in [0.15, 0.2) is 11.5 Å². The standard InChI is InChI=1S/C31H40N8O5.ClH/c1-31(2,3)44-30(42)38-12-10-23(11-13-38)39-20-22(18-34-39)24-19-33-27(32)25(35-24)29(41)43-26(21-8-6-5-7-9-21)28(40)37-16-14-36(4)15-17-37;/h5-9,18-20,23,26H,10-17H2,1-4H3,(H2,32,33);1H/t26-;/m1./s1. The molecule has 242 valence electrons. The maximum Gasteiger partial charge on any atom is 0.410 e. The summed E-state index contributed by atoms with van der Waals surface area (Å²) in [6, 6.07) is 9.01. The molecule has 2 aliphatic rings. The number of likely N-dealkylation sites (N-methyl/N-ethyl adjacent to an activating group) is 1. The van der Waals surface area contributed by atoms with Gasteiger partial charge >= 0.3 is 12.1 Å². The number of nitrogen functional groups attached to an aromatic ring is 1. The zero-order valence-corrected chi connectivity index (χ0v) is 26.9. The van der Waals surface area contributed by atoms with Gasteiger partial charge in [0.1, 0.15) is 5.60 Å². The molecule has 0 spiro atoms. The second kappa shape index (κ2) is 14.2. The van der Waals surface area contributed by atoms with Gasteiger partial charge in [-0.2, -0.15) is 5.10 Å². The number of halogens is 1. The molecule has 2 aromatic heterocycles. The highest BCUT2D eigenvalue weighted by Crippen LogP contribution is 2.28. The molecule has 0 saturated carbocycles. The quantitative estimate of drug-likeness (QED) is 0.396. The van der Waals surface area contributed by atoms with Gasteiger partial charge in [0.05, 0.1) is 24.1 Å². The van der Waals surface area contributed by atoms with Gasteiger partial charge in [-0.15, -0.1) is 12.4 Å². The number of hydrogen-bond donors (Lipinski definition) is 1. The van der Waals surface area contributed by atoms with E-state index in [0.29, 0.717) is 55.8 Å². The van der Waals surface area contributed by atoms with Crippen LogP contribution in [-0.2, 0) is 14.3 Å². The molecular weight excluding hydrogens is 600 g/mol. The van der Waals surface area contributed by atoms with Crippen molar-refractivity contribution in [3.8, 4) is 11.3 Å². The molecule has 2 saturated heterocycles.